The number of pyridine rings is 1. The van der Waals surface area contributed by atoms with Crippen molar-refractivity contribution >= 4 is 11.7 Å². The first kappa shape index (κ1) is 17.5. The number of anilines is 1. The Labute approximate surface area is 146 Å². The van der Waals surface area contributed by atoms with Crippen LogP contribution in [0.4, 0.5) is 10.2 Å². The second-order valence-corrected chi connectivity index (χ2v) is 6.58. The first-order valence-corrected chi connectivity index (χ1v) is 8.38. The Balaban J connectivity index is 1.52. The molecule has 0 radical (unpaired) electrons. The molecule has 0 saturated carbocycles. The number of aryl methyl sites for hydroxylation is 1. The lowest BCUT2D eigenvalue weighted by Crippen LogP contribution is -2.45. The lowest BCUT2D eigenvalue weighted by Gasteiger charge is -2.38. The normalized spacial score (nSPS) is 17.2. The molecule has 5 nitrogen and oxygen atoms in total. The average Bonchev–Trinajstić information content (AvgIpc) is 2.60. The van der Waals surface area contributed by atoms with E-state index in [1.165, 1.54) is 12.1 Å². The highest BCUT2D eigenvalue weighted by atomic mass is 19.1. The third-order valence-corrected chi connectivity index (χ3v) is 4.61. The molecule has 0 aliphatic carbocycles. The van der Waals surface area contributed by atoms with Gasteiger partial charge in [-0.05, 0) is 49.1 Å². The number of nitrogens with one attached hydrogen (secondary N) is 1. The zero-order valence-electron chi connectivity index (χ0n) is 14.2. The largest absolute Gasteiger partial charge is 0.385 e. The highest BCUT2D eigenvalue weighted by Crippen LogP contribution is 2.32. The molecule has 25 heavy (non-hydrogen) atoms. The standard InChI is InChI=1S/C19H22FN3O2/c1-14-2-7-17(21-12-14)22-18(24)13-23-10-8-19(25,9-11-23)15-3-5-16(20)6-4-15/h2-7,12,25H,8-11,13H2,1H3,(H,21,22,24). The van der Waals surface area contributed by atoms with E-state index in [0.29, 0.717) is 31.7 Å². The molecule has 2 aromatic rings. The molecule has 2 heterocycles. The van der Waals surface area contributed by atoms with Crippen molar-refractivity contribution in [1.82, 2.24) is 9.88 Å². The molecule has 0 bridgehead atoms. The van der Waals surface area contributed by atoms with E-state index in [-0.39, 0.29) is 18.3 Å². The van der Waals surface area contributed by atoms with Crippen molar-refractivity contribution in [2.24, 2.45) is 0 Å². The number of likely N-dealkylation sites (tertiary alicyclic amines) is 1. The second-order valence-electron chi connectivity index (χ2n) is 6.58. The number of benzene rings is 1. The van der Waals surface area contributed by atoms with Gasteiger partial charge in [-0.3, -0.25) is 9.69 Å². The van der Waals surface area contributed by atoms with Crippen LogP contribution in [0, 0.1) is 12.7 Å². The SMILES string of the molecule is Cc1ccc(NC(=O)CN2CCC(O)(c3ccc(F)cc3)CC2)nc1. The van der Waals surface area contributed by atoms with Gasteiger partial charge in [0.2, 0.25) is 5.91 Å². The summed E-state index contributed by atoms with van der Waals surface area (Å²) in [6.45, 7) is 3.40. The fourth-order valence-corrected chi connectivity index (χ4v) is 3.06. The third kappa shape index (κ3) is 4.41. The molecule has 132 valence electrons. The zero-order valence-corrected chi connectivity index (χ0v) is 14.2. The van der Waals surface area contributed by atoms with Crippen LogP contribution in [0.1, 0.15) is 24.0 Å². The van der Waals surface area contributed by atoms with Crippen molar-refractivity contribution < 1.29 is 14.3 Å². The fourth-order valence-electron chi connectivity index (χ4n) is 3.06. The van der Waals surface area contributed by atoms with Gasteiger partial charge in [-0.25, -0.2) is 9.37 Å². The number of carbonyl (C=O) groups excluding carboxylic acids is 1. The average molecular weight is 343 g/mol. The van der Waals surface area contributed by atoms with Gasteiger partial charge in [-0.15, -0.1) is 0 Å². The van der Waals surface area contributed by atoms with Gasteiger partial charge >= 0.3 is 0 Å². The van der Waals surface area contributed by atoms with E-state index in [2.05, 4.69) is 10.3 Å². The van der Waals surface area contributed by atoms with Crippen LogP contribution in [0.2, 0.25) is 0 Å². The van der Waals surface area contributed by atoms with Gasteiger partial charge in [0.25, 0.3) is 0 Å². The topological polar surface area (TPSA) is 65.5 Å². The predicted molar refractivity (Wildman–Crippen MR) is 93.6 cm³/mol. The molecular weight excluding hydrogens is 321 g/mol. The van der Waals surface area contributed by atoms with Gasteiger partial charge in [-0.2, -0.15) is 0 Å². The van der Waals surface area contributed by atoms with Crippen molar-refractivity contribution in [1.29, 1.82) is 0 Å². The quantitative estimate of drug-likeness (QED) is 0.895. The van der Waals surface area contributed by atoms with Gasteiger partial charge in [0, 0.05) is 19.3 Å². The van der Waals surface area contributed by atoms with Crippen LogP contribution in [0.3, 0.4) is 0 Å². The number of hydrogen-bond donors (Lipinski definition) is 2. The van der Waals surface area contributed by atoms with Gasteiger partial charge in [-0.1, -0.05) is 18.2 Å². The molecule has 3 rings (SSSR count). The van der Waals surface area contributed by atoms with Crippen LogP contribution in [-0.2, 0) is 10.4 Å². The summed E-state index contributed by atoms with van der Waals surface area (Å²) >= 11 is 0. The maximum absolute atomic E-state index is 13.0. The Morgan fingerprint density at radius 1 is 1.24 bits per heavy atom. The lowest BCUT2D eigenvalue weighted by atomic mass is 9.84. The molecule has 6 heteroatoms. The Bertz CT molecular complexity index is 723. The van der Waals surface area contributed by atoms with Crippen molar-refractivity contribution in [3.63, 3.8) is 0 Å². The summed E-state index contributed by atoms with van der Waals surface area (Å²) in [5.41, 5.74) is 0.801. The van der Waals surface area contributed by atoms with Crippen molar-refractivity contribution in [3.8, 4) is 0 Å². The Hall–Kier alpha value is -2.31. The van der Waals surface area contributed by atoms with Crippen LogP contribution in [0.25, 0.3) is 0 Å². The fraction of sp³-hybridized carbons (Fsp3) is 0.368. The zero-order chi connectivity index (χ0) is 17.9. The summed E-state index contributed by atoms with van der Waals surface area (Å²) in [5.74, 6) is 0.102. The van der Waals surface area contributed by atoms with Crippen LogP contribution in [-0.4, -0.2) is 40.5 Å². The van der Waals surface area contributed by atoms with Gasteiger partial charge in [0.15, 0.2) is 0 Å². The van der Waals surface area contributed by atoms with Crippen molar-refractivity contribution in [2.75, 3.05) is 25.0 Å². The molecule has 0 unspecified atom stereocenters. The highest BCUT2D eigenvalue weighted by Gasteiger charge is 2.34. The summed E-state index contributed by atoms with van der Waals surface area (Å²) in [5, 5.41) is 13.6. The molecule has 0 atom stereocenters. The number of hydrogen-bond acceptors (Lipinski definition) is 4. The molecule has 0 spiro atoms. The minimum atomic E-state index is -0.959. The van der Waals surface area contributed by atoms with Crippen LogP contribution >= 0.6 is 0 Å². The summed E-state index contributed by atoms with van der Waals surface area (Å²) in [4.78, 5) is 18.3. The number of amides is 1. The Kier molecular flexibility index (Phi) is 5.11. The third-order valence-electron chi connectivity index (χ3n) is 4.61. The number of piperidine rings is 1. The monoisotopic (exact) mass is 343 g/mol. The van der Waals surface area contributed by atoms with Crippen molar-refractivity contribution in [2.45, 2.75) is 25.4 Å². The number of aliphatic hydroxyl groups is 1. The number of rotatable bonds is 4. The maximum Gasteiger partial charge on any atom is 0.239 e. The predicted octanol–water partition coefficient (Wildman–Crippen LogP) is 2.45. The minimum absolute atomic E-state index is 0.122. The van der Waals surface area contributed by atoms with Crippen molar-refractivity contribution in [3.05, 3.63) is 59.5 Å². The van der Waals surface area contributed by atoms with E-state index < -0.39 is 5.60 Å². The van der Waals surface area contributed by atoms with E-state index in [4.69, 9.17) is 0 Å². The van der Waals surface area contributed by atoms with Crippen LogP contribution < -0.4 is 5.32 Å². The Morgan fingerprint density at radius 2 is 1.92 bits per heavy atom. The molecule has 1 fully saturated rings. The number of aromatic nitrogens is 1. The number of nitrogens with zero attached hydrogens (tertiary/aromatic N) is 2. The Morgan fingerprint density at radius 3 is 2.52 bits per heavy atom. The smallest absolute Gasteiger partial charge is 0.239 e. The molecule has 2 N–H and O–H groups in total. The van der Waals surface area contributed by atoms with E-state index in [0.717, 1.165) is 11.1 Å². The molecule has 1 aliphatic heterocycles. The first-order valence-electron chi connectivity index (χ1n) is 8.38. The van der Waals surface area contributed by atoms with Gasteiger partial charge in [0.1, 0.15) is 11.6 Å². The molecule has 1 aliphatic rings. The van der Waals surface area contributed by atoms with Crippen LogP contribution in [0.5, 0.6) is 0 Å². The lowest BCUT2D eigenvalue weighted by molar-refractivity contribution is -0.118. The van der Waals surface area contributed by atoms with Gasteiger partial charge < -0.3 is 10.4 Å². The summed E-state index contributed by atoms with van der Waals surface area (Å²) < 4.78 is 13.0. The minimum Gasteiger partial charge on any atom is -0.385 e. The summed E-state index contributed by atoms with van der Waals surface area (Å²) in [6, 6.07) is 9.65. The second kappa shape index (κ2) is 7.29. The van der Waals surface area contributed by atoms with E-state index >= 15 is 0 Å². The molecule has 1 aromatic heterocycles. The van der Waals surface area contributed by atoms with E-state index in [1.54, 1.807) is 24.4 Å². The van der Waals surface area contributed by atoms with E-state index in [1.807, 2.05) is 17.9 Å². The number of carbonyl (C=O) groups is 1. The molecule has 1 amide bonds. The highest BCUT2D eigenvalue weighted by molar-refractivity contribution is 5.91. The molecular formula is C19H22FN3O2. The summed E-state index contributed by atoms with van der Waals surface area (Å²) in [7, 11) is 0. The van der Waals surface area contributed by atoms with Gasteiger partial charge in [0.05, 0.1) is 12.1 Å². The number of halogens is 1. The van der Waals surface area contributed by atoms with E-state index in [9.17, 15) is 14.3 Å². The first-order chi connectivity index (χ1) is 11.9. The molecule has 1 saturated heterocycles. The molecule has 1 aromatic carbocycles. The summed E-state index contributed by atoms with van der Waals surface area (Å²) in [6.07, 6.45) is 2.72. The van der Waals surface area contributed by atoms with Crippen LogP contribution in [0.15, 0.2) is 42.6 Å². The maximum atomic E-state index is 13.0.